The number of diazo groups is 3. The van der Waals surface area contributed by atoms with Gasteiger partial charge in [0.15, 0.2) is 32.2 Å². The smallest absolute Gasteiger partial charge is 0.426 e. The van der Waals surface area contributed by atoms with Gasteiger partial charge in [-0.3, -0.25) is 4.79 Å². The molecule has 0 aliphatic carbocycles. The molecule has 320 valence electrons. The van der Waals surface area contributed by atoms with Crippen molar-refractivity contribution < 1.29 is 57.9 Å². The maximum Gasteiger partial charge on any atom is 0.426 e. The predicted octanol–water partition coefficient (Wildman–Crippen LogP) is 9.25. The highest BCUT2D eigenvalue weighted by Gasteiger charge is 2.30. The van der Waals surface area contributed by atoms with Crippen LogP contribution in [0.2, 0.25) is 0 Å². The molecule has 0 amide bonds. The van der Waals surface area contributed by atoms with E-state index in [1.54, 1.807) is 0 Å². The number of carbonyl (C=O) groups excluding carboxylic acids is 1. The minimum atomic E-state index is -5.03. The fourth-order valence-corrected chi connectivity index (χ4v) is 10.4. The molecule has 8 aromatic carbocycles. The highest BCUT2D eigenvalue weighted by Crippen LogP contribution is 2.42. The van der Waals surface area contributed by atoms with E-state index >= 15 is 0 Å². The lowest BCUT2D eigenvalue weighted by atomic mass is 10.0. The largest absolute Gasteiger partial charge is 0.501 e. The van der Waals surface area contributed by atoms with Gasteiger partial charge in [-0.05, 0) is 66.7 Å². The summed E-state index contributed by atoms with van der Waals surface area (Å²) in [5.74, 6) is -4.43. The monoisotopic (exact) mass is 929 g/mol. The molecular weight excluding hydrogens is 905 g/mol. The number of aromatic hydroxyl groups is 3. The number of benzene rings is 8. The van der Waals surface area contributed by atoms with Crippen LogP contribution in [0.3, 0.4) is 0 Å². The van der Waals surface area contributed by atoms with Crippen LogP contribution in [0.4, 0.5) is 17.1 Å². The Morgan fingerprint density at radius 3 is 1.23 bits per heavy atom. The summed E-state index contributed by atoms with van der Waals surface area (Å²) in [7, 11) is -14.6. The molecule has 0 heterocycles. The third kappa shape index (κ3) is 7.70. The lowest BCUT2D eigenvalue weighted by Crippen LogP contribution is -2.15. The number of phenolic OH excluding ortho intramolecular Hbond substituents is 3. The number of carbonyl (C=O) groups is 1. The molecule has 65 heavy (non-hydrogen) atoms. The summed E-state index contributed by atoms with van der Waals surface area (Å²) in [6, 6.07) is 26.3. The van der Waals surface area contributed by atoms with Crippen LogP contribution in [0.25, 0.3) is 47.2 Å². The molecule has 0 saturated heterocycles. The second-order valence-corrected chi connectivity index (χ2v) is 18.3. The molecule has 0 saturated carbocycles. The Balaban J connectivity index is 1.19. The van der Waals surface area contributed by atoms with E-state index in [2.05, 4.69) is 14.9 Å². The van der Waals surface area contributed by atoms with E-state index in [-0.39, 0.29) is 71.2 Å². The van der Waals surface area contributed by atoms with E-state index in [1.165, 1.54) is 84.9 Å². The van der Waals surface area contributed by atoms with Crippen LogP contribution in [-0.2, 0) is 30.4 Å². The minimum absolute atomic E-state index is 0.0209. The van der Waals surface area contributed by atoms with Gasteiger partial charge in [0.05, 0.1) is 0 Å². The summed E-state index contributed by atoms with van der Waals surface area (Å²) in [5, 5.41) is 59.2. The average molecular weight is 930 g/mol. The SMILES string of the molecule is N#[N+]c1ccc2c(S(=O)(=O)Oc3cccc(C(=O)c4ccc(OS(=O)(=O)c5cccc6c(O)c([N+]#N)ccc56)c(OS(=O)(=O)c5cccc6c(O)c([N+]#N)ccc56)c4)c3)cccc2c1O. The molecule has 22 heteroatoms. The van der Waals surface area contributed by atoms with Crippen molar-refractivity contribution in [2.24, 2.45) is 0 Å². The van der Waals surface area contributed by atoms with Crippen molar-refractivity contribution in [1.29, 1.82) is 16.2 Å². The number of fused-ring (bicyclic) bond motifs is 3. The third-order valence-electron chi connectivity index (χ3n) is 9.95. The first-order valence-corrected chi connectivity index (χ1v) is 22.6. The molecule has 3 N–H and O–H groups in total. The number of hydrogen-bond acceptors (Lipinski definition) is 16. The molecule has 0 aliphatic rings. The van der Waals surface area contributed by atoms with Gasteiger partial charge in [-0.2, -0.15) is 25.3 Å². The van der Waals surface area contributed by atoms with E-state index in [0.29, 0.717) is 0 Å². The fraction of sp³-hybridized carbons (Fsp3) is 0. The maximum absolute atomic E-state index is 14.1. The molecule has 8 rings (SSSR count). The number of phenols is 3. The van der Waals surface area contributed by atoms with E-state index in [4.69, 9.17) is 12.5 Å². The highest BCUT2D eigenvalue weighted by molar-refractivity contribution is 7.88. The van der Waals surface area contributed by atoms with Gasteiger partial charge in [0.25, 0.3) is 0 Å². The van der Waals surface area contributed by atoms with Gasteiger partial charge < -0.3 is 27.9 Å². The lowest BCUT2D eigenvalue weighted by molar-refractivity contribution is 0.103. The molecule has 0 spiro atoms. The number of rotatable bonds is 11. The van der Waals surface area contributed by atoms with Crippen molar-refractivity contribution in [2.45, 2.75) is 14.7 Å². The number of hydrogen-bond donors (Lipinski definition) is 3. The zero-order valence-corrected chi connectivity index (χ0v) is 35.0. The van der Waals surface area contributed by atoms with Crippen molar-refractivity contribution in [1.82, 2.24) is 0 Å². The van der Waals surface area contributed by atoms with E-state index in [0.717, 1.165) is 48.5 Å². The van der Waals surface area contributed by atoms with Gasteiger partial charge >= 0.3 is 47.4 Å². The van der Waals surface area contributed by atoms with Crippen LogP contribution in [0, 0.1) is 16.2 Å². The Morgan fingerprint density at radius 2 is 0.800 bits per heavy atom. The number of nitrogens with zero attached hydrogens (tertiary/aromatic N) is 6. The summed E-state index contributed by atoms with van der Waals surface area (Å²) in [4.78, 5) is 21.5. The normalized spacial score (nSPS) is 11.6. The molecular formula is C43H25N6O13S3+3. The average Bonchev–Trinajstić information content (AvgIpc) is 3.29. The maximum atomic E-state index is 14.1. The Bertz CT molecular complexity index is 3860. The van der Waals surface area contributed by atoms with Gasteiger partial charge in [-0.15, -0.1) is 0 Å². The summed E-state index contributed by atoms with van der Waals surface area (Å²) >= 11 is 0. The molecule has 0 unspecified atom stereocenters. The molecule has 0 bridgehead atoms. The third-order valence-corrected chi connectivity index (χ3v) is 13.8. The summed E-state index contributed by atoms with van der Waals surface area (Å²) in [6.07, 6.45) is 0. The van der Waals surface area contributed by atoms with Crippen LogP contribution in [0.15, 0.2) is 148 Å². The lowest BCUT2D eigenvalue weighted by Gasteiger charge is -2.15. The Hall–Kier alpha value is -8.88. The first-order chi connectivity index (χ1) is 31.0. The van der Waals surface area contributed by atoms with Crippen molar-refractivity contribution in [3.63, 3.8) is 0 Å². The zero-order chi connectivity index (χ0) is 46.4. The Labute approximate surface area is 366 Å². The van der Waals surface area contributed by atoms with Crippen LogP contribution in [0.1, 0.15) is 15.9 Å². The molecule has 0 aromatic heterocycles. The van der Waals surface area contributed by atoms with Crippen molar-refractivity contribution in [3.8, 4) is 34.5 Å². The highest BCUT2D eigenvalue weighted by atomic mass is 32.2. The van der Waals surface area contributed by atoms with Crippen molar-refractivity contribution in [3.05, 3.63) is 160 Å². The summed E-state index contributed by atoms with van der Waals surface area (Å²) in [6.45, 7) is 0. The first-order valence-electron chi connectivity index (χ1n) is 18.4. The minimum Gasteiger partial charge on any atom is -0.501 e. The van der Waals surface area contributed by atoms with E-state index in [1.807, 2.05) is 0 Å². The summed E-state index contributed by atoms with van der Waals surface area (Å²) < 4.78 is 99.6. The van der Waals surface area contributed by atoms with Crippen LogP contribution in [0.5, 0.6) is 34.5 Å². The van der Waals surface area contributed by atoms with Crippen LogP contribution >= 0.6 is 0 Å². The van der Waals surface area contributed by atoms with E-state index < -0.39 is 74.7 Å². The molecule has 0 fully saturated rings. The Morgan fingerprint density at radius 1 is 0.415 bits per heavy atom. The molecule has 8 aromatic rings. The van der Waals surface area contributed by atoms with Crippen molar-refractivity contribution in [2.75, 3.05) is 0 Å². The molecule has 19 nitrogen and oxygen atoms in total. The standard InChI is InChI=1S/C43H22N6O13S3/c44-47-32-17-14-26-29(41(32)51)7-2-10-37(26)63(54,55)60-25-6-1-5-23(21-25)40(50)24-13-20-35(61-64(56,57)38-11-3-8-30-27(38)15-18-33(48-45)42(30)52)36(22-24)62-65(58,59)39-12-4-9-31-28(39)16-19-34(49-46)43(31)53/h1-22H/p+3. The fourth-order valence-electron chi connectivity index (χ4n) is 6.94. The van der Waals surface area contributed by atoms with Crippen LogP contribution in [-0.4, -0.2) is 46.4 Å². The molecule has 0 atom stereocenters. The Kier molecular flexibility index (Phi) is 10.6. The van der Waals surface area contributed by atoms with Gasteiger partial charge in [0.2, 0.25) is 33.4 Å². The molecule has 0 aliphatic heterocycles. The van der Waals surface area contributed by atoms with Crippen molar-refractivity contribution >= 4 is 85.5 Å². The zero-order valence-electron chi connectivity index (χ0n) is 32.5. The quantitative estimate of drug-likeness (QED) is 0.0618. The van der Waals surface area contributed by atoms with Crippen LogP contribution < -0.4 is 12.5 Å². The van der Waals surface area contributed by atoms with Gasteiger partial charge in [-0.1, -0.05) is 48.5 Å². The second-order valence-electron chi connectivity index (χ2n) is 13.8. The van der Waals surface area contributed by atoms with Gasteiger partial charge in [0.1, 0.15) is 20.4 Å². The predicted molar refractivity (Wildman–Crippen MR) is 231 cm³/mol. The molecule has 0 radical (unpaired) electrons. The summed E-state index contributed by atoms with van der Waals surface area (Å²) in [5.41, 5.74) is -1.28. The topological polar surface area (TPSA) is 292 Å². The van der Waals surface area contributed by atoms with Gasteiger partial charge in [0, 0.05) is 61.6 Å². The van der Waals surface area contributed by atoms with Gasteiger partial charge in [-0.25, -0.2) is 0 Å². The van der Waals surface area contributed by atoms with E-state index in [9.17, 15) is 61.5 Å². The first kappa shape index (κ1) is 42.8. The second kappa shape index (κ2) is 16.1. The number of ketones is 1.